The first-order valence-electron chi connectivity index (χ1n) is 8.19. The van der Waals surface area contributed by atoms with Gasteiger partial charge in [-0.3, -0.25) is 4.90 Å². The number of likely N-dealkylation sites (tertiary alicyclic amines) is 1. The number of hydrogen-bond acceptors (Lipinski definition) is 6. The van der Waals surface area contributed by atoms with Crippen LogP contribution in [0.2, 0.25) is 0 Å². The number of hydrogen-bond donors (Lipinski definition) is 0. The number of nitrogens with zero attached hydrogens (tertiary/aromatic N) is 3. The highest BCUT2D eigenvalue weighted by Crippen LogP contribution is 2.23. The number of sulfonamides is 1. The molecule has 1 atom stereocenters. The van der Waals surface area contributed by atoms with E-state index in [1.165, 1.54) is 0 Å². The minimum atomic E-state index is -3.25. The van der Waals surface area contributed by atoms with Crippen LogP contribution < -0.4 is 0 Å². The summed E-state index contributed by atoms with van der Waals surface area (Å²) in [5.41, 5.74) is 0.898. The smallest absolute Gasteiger partial charge is 0.218 e. The van der Waals surface area contributed by atoms with Gasteiger partial charge in [-0.15, -0.1) is 0 Å². The van der Waals surface area contributed by atoms with Crippen LogP contribution >= 0.6 is 0 Å². The van der Waals surface area contributed by atoms with Crippen molar-refractivity contribution in [1.29, 1.82) is 0 Å². The average Bonchev–Trinajstić information content (AvgIpc) is 2.86. The number of rotatable bonds is 4. The minimum absolute atomic E-state index is 0.341. The fraction of sp³-hybridized carbons (Fsp3) is 0.800. The summed E-state index contributed by atoms with van der Waals surface area (Å²) >= 11 is 0. The van der Waals surface area contributed by atoms with Gasteiger partial charge in [-0.2, -0.15) is 4.31 Å². The van der Waals surface area contributed by atoms with Gasteiger partial charge in [0.2, 0.25) is 15.9 Å². The number of oxazole rings is 1. The highest BCUT2D eigenvalue weighted by atomic mass is 32.2. The molecule has 2 aliphatic heterocycles. The van der Waals surface area contributed by atoms with Crippen LogP contribution in [0.4, 0.5) is 0 Å². The zero-order chi connectivity index (χ0) is 16.4. The molecule has 23 heavy (non-hydrogen) atoms. The Hall–Kier alpha value is -0.960. The molecule has 0 aromatic carbocycles. The average molecular weight is 343 g/mol. The zero-order valence-electron chi connectivity index (χ0n) is 13.8. The molecule has 0 amide bonds. The van der Waals surface area contributed by atoms with Crippen molar-refractivity contribution in [2.24, 2.45) is 0 Å². The number of ether oxygens (including phenoxy) is 1. The molecule has 2 fully saturated rings. The van der Waals surface area contributed by atoms with Crippen molar-refractivity contribution in [3.63, 3.8) is 0 Å². The van der Waals surface area contributed by atoms with Gasteiger partial charge in [-0.1, -0.05) is 0 Å². The lowest BCUT2D eigenvalue weighted by atomic mass is 10.1. The molecule has 3 rings (SSSR count). The molecule has 0 bridgehead atoms. The van der Waals surface area contributed by atoms with Crippen molar-refractivity contribution in [1.82, 2.24) is 14.2 Å². The molecule has 1 aromatic heterocycles. The Balaban J connectivity index is 1.65. The van der Waals surface area contributed by atoms with Crippen LogP contribution in [0.1, 0.15) is 30.2 Å². The Morgan fingerprint density at radius 3 is 2.61 bits per heavy atom. The third-order valence-corrected chi connectivity index (χ3v) is 6.96. The van der Waals surface area contributed by atoms with Gasteiger partial charge in [-0.25, -0.2) is 13.4 Å². The molecule has 130 valence electrons. The molecule has 8 heteroatoms. The number of aromatic nitrogens is 1. The fourth-order valence-corrected chi connectivity index (χ4v) is 5.15. The molecular formula is C15H25N3O4S. The number of piperidine rings is 1. The Morgan fingerprint density at radius 2 is 1.96 bits per heavy atom. The molecule has 7 nitrogen and oxygen atoms in total. The van der Waals surface area contributed by atoms with Crippen LogP contribution in [-0.4, -0.2) is 67.2 Å². The van der Waals surface area contributed by atoms with E-state index in [1.54, 1.807) is 4.31 Å². The van der Waals surface area contributed by atoms with Gasteiger partial charge in [0.25, 0.3) is 0 Å². The molecule has 2 saturated heterocycles. The lowest BCUT2D eigenvalue weighted by Crippen LogP contribution is -2.50. The van der Waals surface area contributed by atoms with Crippen molar-refractivity contribution in [2.75, 3.05) is 39.4 Å². The van der Waals surface area contributed by atoms with Crippen LogP contribution in [0.15, 0.2) is 4.42 Å². The molecule has 0 unspecified atom stereocenters. The number of aryl methyl sites for hydroxylation is 2. The SMILES string of the molecule is Cc1nc(CN2CCC[C@H](S(=O)(=O)N3CCOCC3)C2)oc1C. The van der Waals surface area contributed by atoms with E-state index in [4.69, 9.17) is 9.15 Å². The van der Waals surface area contributed by atoms with Crippen molar-refractivity contribution < 1.29 is 17.6 Å². The predicted molar refractivity (Wildman–Crippen MR) is 85.6 cm³/mol. The summed E-state index contributed by atoms with van der Waals surface area (Å²) in [5, 5.41) is -0.341. The maximum Gasteiger partial charge on any atom is 0.218 e. The number of morpholine rings is 1. The molecule has 0 N–H and O–H groups in total. The molecule has 1 aromatic rings. The lowest BCUT2D eigenvalue weighted by molar-refractivity contribution is 0.0718. The minimum Gasteiger partial charge on any atom is -0.444 e. The third-order valence-electron chi connectivity index (χ3n) is 4.65. The Labute approximate surface area is 137 Å². The van der Waals surface area contributed by atoms with Crippen molar-refractivity contribution in [3.8, 4) is 0 Å². The topological polar surface area (TPSA) is 75.9 Å². The first kappa shape index (κ1) is 16.9. The van der Waals surface area contributed by atoms with E-state index < -0.39 is 10.0 Å². The van der Waals surface area contributed by atoms with E-state index in [-0.39, 0.29) is 5.25 Å². The van der Waals surface area contributed by atoms with Gasteiger partial charge in [0, 0.05) is 19.6 Å². The van der Waals surface area contributed by atoms with Crippen LogP contribution in [0.5, 0.6) is 0 Å². The van der Waals surface area contributed by atoms with Gasteiger partial charge in [0.05, 0.1) is 30.7 Å². The van der Waals surface area contributed by atoms with Gasteiger partial charge in [0.1, 0.15) is 5.76 Å². The maximum atomic E-state index is 12.8. The van der Waals surface area contributed by atoms with E-state index in [2.05, 4.69) is 9.88 Å². The van der Waals surface area contributed by atoms with Crippen LogP contribution in [0, 0.1) is 13.8 Å². The predicted octanol–water partition coefficient (Wildman–Crippen LogP) is 0.918. The third kappa shape index (κ3) is 3.76. The summed E-state index contributed by atoms with van der Waals surface area (Å²) in [4.78, 5) is 6.53. The van der Waals surface area contributed by atoms with E-state index in [1.807, 2.05) is 13.8 Å². The molecule has 0 aliphatic carbocycles. The molecular weight excluding hydrogens is 318 g/mol. The molecule has 0 saturated carbocycles. The first-order chi connectivity index (χ1) is 11.0. The fourth-order valence-electron chi connectivity index (χ4n) is 3.21. The van der Waals surface area contributed by atoms with E-state index in [9.17, 15) is 8.42 Å². The van der Waals surface area contributed by atoms with Gasteiger partial charge in [0.15, 0.2) is 0 Å². The van der Waals surface area contributed by atoms with E-state index in [0.29, 0.717) is 45.3 Å². The highest BCUT2D eigenvalue weighted by molar-refractivity contribution is 7.89. The summed E-state index contributed by atoms with van der Waals surface area (Å²) in [6.07, 6.45) is 1.60. The van der Waals surface area contributed by atoms with Crippen LogP contribution in [0.3, 0.4) is 0 Å². The van der Waals surface area contributed by atoms with Gasteiger partial charge >= 0.3 is 0 Å². The Bertz CT molecular complexity index is 618. The standard InChI is InChI=1S/C15H25N3O4S/c1-12-13(2)22-15(16-12)11-17-5-3-4-14(10-17)23(19,20)18-6-8-21-9-7-18/h14H,3-11H2,1-2H3/t14-/m0/s1. The summed E-state index contributed by atoms with van der Waals surface area (Å²) in [6, 6.07) is 0. The Morgan fingerprint density at radius 1 is 1.22 bits per heavy atom. The Kier molecular flexibility index (Phi) is 5.05. The van der Waals surface area contributed by atoms with Crippen molar-refractivity contribution in [3.05, 3.63) is 17.3 Å². The van der Waals surface area contributed by atoms with Gasteiger partial charge < -0.3 is 9.15 Å². The monoisotopic (exact) mass is 343 g/mol. The molecule has 0 spiro atoms. The first-order valence-corrected chi connectivity index (χ1v) is 9.69. The van der Waals surface area contributed by atoms with Crippen LogP contribution in [-0.2, 0) is 21.3 Å². The molecule has 0 radical (unpaired) electrons. The van der Waals surface area contributed by atoms with Crippen LogP contribution in [0.25, 0.3) is 0 Å². The van der Waals surface area contributed by atoms with Crippen molar-refractivity contribution in [2.45, 2.75) is 38.5 Å². The quantitative estimate of drug-likeness (QED) is 0.809. The second kappa shape index (κ2) is 6.88. The van der Waals surface area contributed by atoms with E-state index >= 15 is 0 Å². The van der Waals surface area contributed by atoms with Gasteiger partial charge in [-0.05, 0) is 33.2 Å². The largest absolute Gasteiger partial charge is 0.444 e. The summed E-state index contributed by atoms with van der Waals surface area (Å²) in [6.45, 7) is 7.74. The normalized spacial score (nSPS) is 24.9. The zero-order valence-corrected chi connectivity index (χ0v) is 14.6. The molecule has 3 heterocycles. The van der Waals surface area contributed by atoms with E-state index in [0.717, 1.165) is 30.8 Å². The van der Waals surface area contributed by atoms with Crippen molar-refractivity contribution >= 4 is 10.0 Å². The highest BCUT2D eigenvalue weighted by Gasteiger charge is 2.36. The molecule has 2 aliphatic rings. The summed E-state index contributed by atoms with van der Waals surface area (Å²) in [7, 11) is -3.25. The summed E-state index contributed by atoms with van der Waals surface area (Å²) < 4.78 is 38.1. The lowest BCUT2D eigenvalue weighted by Gasteiger charge is -2.35. The second-order valence-electron chi connectivity index (χ2n) is 6.30. The summed E-state index contributed by atoms with van der Waals surface area (Å²) in [5.74, 6) is 1.50. The maximum absolute atomic E-state index is 12.8. The second-order valence-corrected chi connectivity index (χ2v) is 8.52.